The number of anilines is 3. The molecule has 156 valence electrons. The molecule has 1 atom stereocenters. The fourth-order valence-electron chi connectivity index (χ4n) is 3.45. The number of morpholine rings is 1. The van der Waals surface area contributed by atoms with Gasteiger partial charge in [-0.25, -0.2) is 4.98 Å². The monoisotopic (exact) mass is 435 g/mol. The van der Waals surface area contributed by atoms with Crippen LogP contribution in [-0.4, -0.2) is 45.3 Å². The molecular weight excluding hydrogens is 418 g/mol. The fraction of sp³-hybridized carbons (Fsp3) is 0.350. The van der Waals surface area contributed by atoms with Crippen LogP contribution in [0.2, 0.25) is 5.02 Å². The molecule has 31 heavy (non-hydrogen) atoms. The molecule has 1 saturated carbocycles. The number of halogens is 1. The second kappa shape index (κ2) is 8.00. The molecule has 1 unspecified atom stereocenters. The van der Waals surface area contributed by atoms with Gasteiger partial charge in [-0.15, -0.1) is 5.10 Å². The van der Waals surface area contributed by atoms with Crippen molar-refractivity contribution >= 4 is 34.7 Å². The van der Waals surface area contributed by atoms with Crippen molar-refractivity contribution in [3.8, 4) is 12.1 Å². The highest BCUT2D eigenvalue weighted by atomic mass is 35.5. The lowest BCUT2D eigenvalue weighted by Crippen LogP contribution is -2.33. The number of benzene rings is 1. The largest absolute Gasteiger partial charge is 0.371 e. The highest BCUT2D eigenvalue weighted by Gasteiger charge is 2.25. The van der Waals surface area contributed by atoms with Crippen molar-refractivity contribution in [2.24, 2.45) is 0 Å². The smallest absolute Gasteiger partial charge is 0.247 e. The third kappa shape index (κ3) is 3.84. The molecule has 2 fully saturated rings. The van der Waals surface area contributed by atoms with Crippen LogP contribution in [0.4, 0.5) is 17.5 Å². The predicted octanol–water partition coefficient (Wildman–Crippen LogP) is 2.50. The number of imidazole rings is 1. The molecule has 2 aliphatic rings. The molecule has 0 radical (unpaired) electrons. The van der Waals surface area contributed by atoms with Crippen LogP contribution in [0.1, 0.15) is 35.8 Å². The Bertz CT molecular complexity index is 1230. The van der Waals surface area contributed by atoms with Crippen molar-refractivity contribution in [3.05, 3.63) is 40.2 Å². The lowest BCUT2D eigenvalue weighted by Gasteiger charge is -2.25. The second-order valence-electron chi connectivity index (χ2n) is 7.42. The minimum atomic E-state index is -0.260. The van der Waals surface area contributed by atoms with E-state index in [1.165, 1.54) is 10.7 Å². The van der Waals surface area contributed by atoms with Gasteiger partial charge in [0.25, 0.3) is 0 Å². The number of ether oxygens (including phenoxy) is 1. The molecule has 0 bridgehead atoms. The molecule has 3 N–H and O–H groups in total. The minimum Gasteiger partial charge on any atom is -0.371 e. The highest BCUT2D eigenvalue weighted by molar-refractivity contribution is 6.34. The summed E-state index contributed by atoms with van der Waals surface area (Å²) in [5.41, 5.74) is 2.41. The summed E-state index contributed by atoms with van der Waals surface area (Å²) in [7, 11) is 0. The first kappa shape index (κ1) is 19.5. The van der Waals surface area contributed by atoms with Crippen LogP contribution in [0.5, 0.6) is 0 Å². The van der Waals surface area contributed by atoms with Crippen molar-refractivity contribution < 1.29 is 4.74 Å². The Labute approximate surface area is 182 Å². The Hall–Kier alpha value is -3.44. The summed E-state index contributed by atoms with van der Waals surface area (Å²) in [4.78, 5) is 8.82. The van der Waals surface area contributed by atoms with Crippen LogP contribution in [0.15, 0.2) is 18.3 Å². The van der Waals surface area contributed by atoms with E-state index >= 15 is 0 Å². The Kier molecular flexibility index (Phi) is 5.04. The lowest BCUT2D eigenvalue weighted by molar-refractivity contribution is 0.0278. The number of nitrogens with zero attached hydrogens (tertiary/aromatic N) is 6. The van der Waals surface area contributed by atoms with Gasteiger partial charge in [-0.3, -0.25) is 0 Å². The number of rotatable bonds is 5. The Morgan fingerprint density at radius 1 is 1.26 bits per heavy atom. The first-order valence-electron chi connectivity index (χ1n) is 9.91. The standard InChI is InChI=1S/C20H18ClN9O/c21-17-14(16-10-24-3-4-31-16)5-11(7-22)6-15(17)27-20-28-18(26-12-1-2-12)19-25-9-13(8-23)30(19)29-20/h5-6,9,12,16,24H,1-4,10H2,(H2,26,27,28,29). The van der Waals surface area contributed by atoms with Gasteiger partial charge >= 0.3 is 0 Å². The maximum absolute atomic E-state index is 9.51. The van der Waals surface area contributed by atoms with Crippen molar-refractivity contribution in [2.75, 3.05) is 30.3 Å². The molecule has 11 heteroatoms. The number of hydrogen-bond acceptors (Lipinski definition) is 9. The molecule has 1 saturated heterocycles. The first-order valence-corrected chi connectivity index (χ1v) is 10.3. The van der Waals surface area contributed by atoms with Gasteiger partial charge in [0.15, 0.2) is 17.2 Å². The van der Waals surface area contributed by atoms with Crippen LogP contribution in [0, 0.1) is 22.7 Å². The zero-order valence-electron chi connectivity index (χ0n) is 16.4. The van der Waals surface area contributed by atoms with Gasteiger partial charge in [0.1, 0.15) is 6.07 Å². The molecule has 10 nitrogen and oxygen atoms in total. The van der Waals surface area contributed by atoms with Crippen LogP contribution in [-0.2, 0) is 4.74 Å². The van der Waals surface area contributed by atoms with Crippen LogP contribution >= 0.6 is 11.6 Å². The Morgan fingerprint density at radius 3 is 2.84 bits per heavy atom. The summed E-state index contributed by atoms with van der Waals surface area (Å²) >= 11 is 6.69. The summed E-state index contributed by atoms with van der Waals surface area (Å²) < 4.78 is 7.26. The predicted molar refractivity (Wildman–Crippen MR) is 113 cm³/mol. The van der Waals surface area contributed by atoms with E-state index in [9.17, 15) is 10.5 Å². The lowest BCUT2D eigenvalue weighted by atomic mass is 10.0. The molecule has 1 aliphatic carbocycles. The van der Waals surface area contributed by atoms with E-state index in [0.717, 1.165) is 19.4 Å². The number of aromatic nitrogens is 4. The third-order valence-electron chi connectivity index (χ3n) is 5.15. The van der Waals surface area contributed by atoms with E-state index in [2.05, 4.69) is 43.2 Å². The number of nitriles is 2. The Balaban J connectivity index is 1.56. The topological polar surface area (TPSA) is 136 Å². The van der Waals surface area contributed by atoms with Gasteiger partial charge in [0.2, 0.25) is 5.95 Å². The quantitative estimate of drug-likeness (QED) is 0.552. The minimum absolute atomic E-state index is 0.232. The van der Waals surface area contributed by atoms with Gasteiger partial charge in [-0.1, -0.05) is 11.6 Å². The van der Waals surface area contributed by atoms with E-state index in [1.54, 1.807) is 12.1 Å². The van der Waals surface area contributed by atoms with Crippen LogP contribution in [0.25, 0.3) is 5.65 Å². The summed E-state index contributed by atoms with van der Waals surface area (Å²) in [5, 5.41) is 33.5. The van der Waals surface area contributed by atoms with Crippen LogP contribution in [0.3, 0.4) is 0 Å². The maximum atomic E-state index is 9.51. The molecule has 5 rings (SSSR count). The SMILES string of the molecule is N#Cc1cc(Nc2nc(NC3CC3)c3ncc(C#N)n3n2)c(Cl)c(C2CNCCO2)c1. The molecule has 2 aromatic heterocycles. The number of hydrogen-bond donors (Lipinski definition) is 3. The first-order chi connectivity index (χ1) is 15.2. The third-order valence-corrected chi connectivity index (χ3v) is 5.57. The van der Waals surface area contributed by atoms with Gasteiger partial charge in [0.05, 0.1) is 41.3 Å². The summed E-state index contributed by atoms with van der Waals surface area (Å²) in [6.45, 7) is 1.94. The second-order valence-corrected chi connectivity index (χ2v) is 7.80. The normalized spacial score (nSPS) is 18.4. The highest BCUT2D eigenvalue weighted by Crippen LogP contribution is 2.35. The average Bonchev–Trinajstić information content (AvgIpc) is 3.51. The van der Waals surface area contributed by atoms with Gasteiger partial charge in [-0.2, -0.15) is 20.0 Å². The average molecular weight is 436 g/mol. The van der Waals surface area contributed by atoms with E-state index in [0.29, 0.717) is 58.2 Å². The molecule has 1 aliphatic heterocycles. The molecule has 1 aromatic carbocycles. The summed E-state index contributed by atoms with van der Waals surface area (Å²) in [6.07, 6.45) is 3.31. The van der Waals surface area contributed by atoms with Crippen molar-refractivity contribution in [1.29, 1.82) is 10.5 Å². The van der Waals surface area contributed by atoms with Crippen molar-refractivity contribution in [2.45, 2.75) is 25.0 Å². The molecule has 3 heterocycles. The van der Waals surface area contributed by atoms with Crippen LogP contribution < -0.4 is 16.0 Å². The van der Waals surface area contributed by atoms with Crippen molar-refractivity contribution in [1.82, 2.24) is 24.9 Å². The zero-order valence-corrected chi connectivity index (χ0v) is 17.1. The molecule has 0 spiro atoms. The molecule has 0 amide bonds. The fourth-order valence-corrected chi connectivity index (χ4v) is 3.73. The van der Waals surface area contributed by atoms with E-state index in [4.69, 9.17) is 16.3 Å². The van der Waals surface area contributed by atoms with E-state index in [1.807, 2.05) is 0 Å². The van der Waals surface area contributed by atoms with Crippen molar-refractivity contribution in [3.63, 3.8) is 0 Å². The summed E-state index contributed by atoms with van der Waals surface area (Å²) in [5.74, 6) is 0.768. The molecular formula is C20H18ClN9O. The van der Waals surface area contributed by atoms with E-state index in [-0.39, 0.29) is 12.1 Å². The number of fused-ring (bicyclic) bond motifs is 1. The summed E-state index contributed by atoms with van der Waals surface area (Å²) in [6, 6.07) is 7.96. The van der Waals surface area contributed by atoms with Gasteiger partial charge in [0, 0.05) is 24.7 Å². The van der Waals surface area contributed by atoms with Gasteiger partial charge in [-0.05, 0) is 25.0 Å². The molecule has 3 aromatic rings. The Morgan fingerprint density at radius 2 is 2.13 bits per heavy atom. The van der Waals surface area contributed by atoms with Gasteiger partial charge < -0.3 is 20.7 Å². The van der Waals surface area contributed by atoms with E-state index < -0.39 is 0 Å². The number of nitrogens with one attached hydrogen (secondary N) is 3. The maximum Gasteiger partial charge on any atom is 0.247 e. The zero-order chi connectivity index (χ0) is 21.4.